The topological polar surface area (TPSA) is 22.0 Å². The maximum Gasteiger partial charge on any atom is 0.164 e. The number of aromatic nitrogens is 1. The molecular formula is C17H14FNO. The largest absolute Gasteiger partial charge is 0.347 e. The third kappa shape index (κ3) is 2.48. The van der Waals surface area contributed by atoms with Crippen molar-refractivity contribution in [2.24, 2.45) is 0 Å². The fraction of sp³-hybridized carbons (Fsp3) is 0.118. The highest BCUT2D eigenvalue weighted by Gasteiger charge is 2.07. The molecule has 3 rings (SSSR count). The van der Waals surface area contributed by atoms with E-state index >= 15 is 0 Å². The van der Waals surface area contributed by atoms with E-state index in [2.05, 4.69) is 4.57 Å². The number of benzene rings is 2. The molecule has 0 saturated heterocycles. The minimum Gasteiger partial charge on any atom is -0.347 e. The van der Waals surface area contributed by atoms with Gasteiger partial charge in [0.15, 0.2) is 5.78 Å². The van der Waals surface area contributed by atoms with Crippen molar-refractivity contribution in [1.29, 1.82) is 0 Å². The van der Waals surface area contributed by atoms with E-state index in [1.807, 2.05) is 36.5 Å². The average molecular weight is 267 g/mol. The third-order valence-corrected chi connectivity index (χ3v) is 3.43. The van der Waals surface area contributed by atoms with Crippen LogP contribution in [0.5, 0.6) is 0 Å². The maximum absolute atomic E-state index is 12.8. The second-order valence-electron chi connectivity index (χ2n) is 4.75. The van der Waals surface area contributed by atoms with Crippen LogP contribution in [0.3, 0.4) is 0 Å². The van der Waals surface area contributed by atoms with E-state index in [9.17, 15) is 9.18 Å². The summed E-state index contributed by atoms with van der Waals surface area (Å²) in [6.07, 6.45) is 2.40. The van der Waals surface area contributed by atoms with Crippen LogP contribution < -0.4 is 0 Å². The van der Waals surface area contributed by atoms with Crippen molar-refractivity contribution in [2.45, 2.75) is 13.0 Å². The van der Waals surface area contributed by atoms with Gasteiger partial charge in [-0.1, -0.05) is 18.2 Å². The van der Waals surface area contributed by atoms with Gasteiger partial charge in [-0.3, -0.25) is 4.79 Å². The highest BCUT2D eigenvalue weighted by molar-refractivity contribution is 5.96. The highest BCUT2D eigenvalue weighted by Crippen LogP contribution is 2.16. The van der Waals surface area contributed by atoms with Crippen molar-refractivity contribution in [3.8, 4) is 0 Å². The smallest absolute Gasteiger partial charge is 0.164 e. The first-order valence-electron chi connectivity index (χ1n) is 6.57. The molecule has 100 valence electrons. The van der Waals surface area contributed by atoms with Crippen molar-refractivity contribution >= 4 is 16.7 Å². The van der Waals surface area contributed by atoms with Gasteiger partial charge in [-0.05, 0) is 41.8 Å². The summed E-state index contributed by atoms with van der Waals surface area (Å²) in [7, 11) is 0. The zero-order valence-corrected chi connectivity index (χ0v) is 10.9. The van der Waals surface area contributed by atoms with Crippen LogP contribution in [0.1, 0.15) is 16.8 Å². The van der Waals surface area contributed by atoms with Gasteiger partial charge in [-0.2, -0.15) is 0 Å². The normalized spacial score (nSPS) is 10.8. The zero-order valence-electron chi connectivity index (χ0n) is 10.9. The molecule has 0 unspecified atom stereocenters. The van der Waals surface area contributed by atoms with Crippen molar-refractivity contribution in [3.05, 3.63) is 72.2 Å². The van der Waals surface area contributed by atoms with Crippen molar-refractivity contribution < 1.29 is 9.18 Å². The van der Waals surface area contributed by atoms with Gasteiger partial charge in [-0.25, -0.2) is 4.39 Å². The molecule has 0 bridgehead atoms. The number of para-hydroxylation sites is 1. The Morgan fingerprint density at radius 1 is 1.00 bits per heavy atom. The van der Waals surface area contributed by atoms with E-state index in [1.54, 1.807) is 0 Å². The predicted octanol–water partition coefficient (Wildman–Crippen LogP) is 4.05. The lowest BCUT2D eigenvalue weighted by Crippen LogP contribution is -2.05. The maximum atomic E-state index is 12.8. The molecule has 2 nitrogen and oxygen atoms in total. The molecule has 1 aromatic heterocycles. The second-order valence-corrected chi connectivity index (χ2v) is 4.75. The lowest BCUT2D eigenvalue weighted by molar-refractivity contribution is 0.0977. The third-order valence-electron chi connectivity index (χ3n) is 3.43. The first kappa shape index (κ1) is 12.6. The number of halogens is 1. The molecule has 20 heavy (non-hydrogen) atoms. The van der Waals surface area contributed by atoms with E-state index in [0.717, 1.165) is 5.52 Å². The fourth-order valence-electron chi connectivity index (χ4n) is 2.34. The number of fused-ring (bicyclic) bond motifs is 1. The molecule has 0 fully saturated rings. The molecule has 0 atom stereocenters. The fourth-order valence-corrected chi connectivity index (χ4v) is 2.34. The summed E-state index contributed by atoms with van der Waals surface area (Å²) < 4.78 is 14.9. The van der Waals surface area contributed by atoms with Gasteiger partial charge in [-0.15, -0.1) is 0 Å². The van der Waals surface area contributed by atoms with Crippen molar-refractivity contribution in [1.82, 2.24) is 4.57 Å². The van der Waals surface area contributed by atoms with Crippen molar-refractivity contribution in [3.63, 3.8) is 0 Å². The lowest BCUT2D eigenvalue weighted by Gasteiger charge is -2.05. The number of carbonyl (C=O) groups excluding carboxylic acids is 1. The van der Waals surface area contributed by atoms with Gasteiger partial charge in [0.1, 0.15) is 5.82 Å². The first-order chi connectivity index (χ1) is 9.74. The Bertz CT molecular complexity index is 743. The van der Waals surface area contributed by atoms with E-state index in [4.69, 9.17) is 0 Å². The molecule has 0 saturated carbocycles. The average Bonchev–Trinajstić information content (AvgIpc) is 2.89. The molecule has 1 heterocycles. The van der Waals surface area contributed by atoms with Gasteiger partial charge >= 0.3 is 0 Å². The van der Waals surface area contributed by atoms with E-state index < -0.39 is 0 Å². The molecule has 3 heteroatoms. The van der Waals surface area contributed by atoms with Gasteiger partial charge in [0, 0.05) is 30.2 Å². The molecule has 2 aromatic carbocycles. The number of hydrogen-bond acceptors (Lipinski definition) is 1. The van der Waals surface area contributed by atoms with E-state index in [0.29, 0.717) is 18.5 Å². The van der Waals surface area contributed by atoms with Crippen LogP contribution in [0.2, 0.25) is 0 Å². The summed E-state index contributed by atoms with van der Waals surface area (Å²) in [5.74, 6) is -0.291. The number of carbonyl (C=O) groups is 1. The van der Waals surface area contributed by atoms with Crippen LogP contribution in [0.25, 0.3) is 10.9 Å². The van der Waals surface area contributed by atoms with Crippen LogP contribution in [0.4, 0.5) is 4.39 Å². The summed E-state index contributed by atoms with van der Waals surface area (Å²) in [5, 5.41) is 1.17. The Morgan fingerprint density at radius 2 is 1.75 bits per heavy atom. The van der Waals surface area contributed by atoms with Gasteiger partial charge < -0.3 is 4.57 Å². The Balaban J connectivity index is 1.73. The van der Waals surface area contributed by atoms with Crippen LogP contribution in [0, 0.1) is 5.82 Å². The van der Waals surface area contributed by atoms with Crippen LogP contribution >= 0.6 is 0 Å². The van der Waals surface area contributed by atoms with Gasteiger partial charge in [0.2, 0.25) is 0 Å². The Kier molecular flexibility index (Phi) is 3.33. The minimum atomic E-state index is -0.321. The zero-order chi connectivity index (χ0) is 13.9. The van der Waals surface area contributed by atoms with Crippen LogP contribution in [0.15, 0.2) is 60.8 Å². The molecule has 0 N–H and O–H groups in total. The summed E-state index contributed by atoms with van der Waals surface area (Å²) in [5.41, 5.74) is 1.68. The minimum absolute atomic E-state index is 0.0304. The predicted molar refractivity (Wildman–Crippen MR) is 77.3 cm³/mol. The Hall–Kier alpha value is -2.42. The van der Waals surface area contributed by atoms with E-state index in [1.165, 1.54) is 29.7 Å². The molecule has 0 aliphatic heterocycles. The molecule has 0 spiro atoms. The second kappa shape index (κ2) is 5.29. The highest BCUT2D eigenvalue weighted by atomic mass is 19.1. The summed E-state index contributed by atoms with van der Waals surface area (Å²) in [4.78, 5) is 12.1. The summed E-state index contributed by atoms with van der Waals surface area (Å²) in [6.45, 7) is 0.629. The standard InChI is InChI=1S/C17H14FNO/c18-15-7-5-14(6-8-15)17(20)10-12-19-11-9-13-3-1-2-4-16(13)19/h1-9,11H,10,12H2. The monoisotopic (exact) mass is 267 g/mol. The first-order valence-corrected chi connectivity index (χ1v) is 6.57. The number of rotatable bonds is 4. The Labute approximate surface area is 116 Å². The number of ketones is 1. The number of nitrogens with zero attached hydrogens (tertiary/aromatic N) is 1. The van der Waals surface area contributed by atoms with Gasteiger partial charge in [0.25, 0.3) is 0 Å². The number of aryl methyl sites for hydroxylation is 1. The Morgan fingerprint density at radius 3 is 2.55 bits per heavy atom. The van der Waals surface area contributed by atoms with Crippen LogP contribution in [-0.2, 0) is 6.54 Å². The molecule has 0 aliphatic rings. The summed E-state index contributed by atoms with van der Waals surface area (Å²) >= 11 is 0. The molecule has 0 amide bonds. The lowest BCUT2D eigenvalue weighted by atomic mass is 10.1. The number of hydrogen-bond donors (Lipinski definition) is 0. The SMILES string of the molecule is O=C(CCn1ccc2ccccc21)c1ccc(F)cc1. The molecule has 0 aliphatic carbocycles. The quantitative estimate of drug-likeness (QED) is 0.653. The van der Waals surface area contributed by atoms with Crippen LogP contribution in [-0.4, -0.2) is 10.4 Å². The molecular weight excluding hydrogens is 253 g/mol. The molecule has 3 aromatic rings. The number of Topliss-reactive ketones (excluding diaryl/α,β-unsaturated/α-hetero) is 1. The van der Waals surface area contributed by atoms with Gasteiger partial charge in [0.05, 0.1) is 0 Å². The van der Waals surface area contributed by atoms with Crippen molar-refractivity contribution in [2.75, 3.05) is 0 Å². The van der Waals surface area contributed by atoms with E-state index in [-0.39, 0.29) is 11.6 Å². The molecule has 0 radical (unpaired) electrons. The summed E-state index contributed by atoms with van der Waals surface area (Å²) in [6, 6.07) is 15.8.